The quantitative estimate of drug-likeness (QED) is 0.891. The Balaban J connectivity index is 2.12. The lowest BCUT2D eigenvalue weighted by atomic mass is 10.2. The molecule has 0 aliphatic heterocycles. The first-order chi connectivity index (χ1) is 8.70. The monoisotopic (exact) mass is 263 g/mol. The van der Waals surface area contributed by atoms with Gasteiger partial charge in [-0.05, 0) is 23.8 Å². The number of hydrogen-bond donors (Lipinski definition) is 2. The summed E-state index contributed by atoms with van der Waals surface area (Å²) in [6.45, 7) is 0.766. The molecule has 18 heavy (non-hydrogen) atoms. The summed E-state index contributed by atoms with van der Waals surface area (Å²) in [7, 11) is 0. The highest BCUT2D eigenvalue weighted by Gasteiger charge is 2.07. The van der Waals surface area contributed by atoms with Gasteiger partial charge in [0, 0.05) is 12.1 Å². The van der Waals surface area contributed by atoms with Crippen LogP contribution in [0.25, 0.3) is 0 Å². The molecule has 0 aromatic heterocycles. The van der Waals surface area contributed by atoms with Crippen LogP contribution >= 0.6 is 11.6 Å². The molecule has 94 valence electrons. The van der Waals surface area contributed by atoms with E-state index in [9.17, 15) is 5.11 Å². The van der Waals surface area contributed by atoms with Crippen LogP contribution in [-0.4, -0.2) is 5.11 Å². The number of ether oxygens (including phenoxy) is 1. The summed E-state index contributed by atoms with van der Waals surface area (Å²) >= 11 is 6.08. The second-order valence-corrected chi connectivity index (χ2v) is 4.29. The summed E-state index contributed by atoms with van der Waals surface area (Å²) in [5.41, 5.74) is 7.47. The third-order valence-corrected chi connectivity index (χ3v) is 2.89. The molecular formula is C14H14ClNO2. The summed E-state index contributed by atoms with van der Waals surface area (Å²) in [6.07, 6.45) is 0. The van der Waals surface area contributed by atoms with Gasteiger partial charge in [-0.2, -0.15) is 0 Å². The van der Waals surface area contributed by atoms with Crippen LogP contribution in [0.2, 0.25) is 5.02 Å². The Bertz CT molecular complexity index is 526. The summed E-state index contributed by atoms with van der Waals surface area (Å²) in [6, 6.07) is 12.3. The van der Waals surface area contributed by atoms with Crippen molar-refractivity contribution in [3.05, 3.63) is 58.6 Å². The van der Waals surface area contributed by atoms with Gasteiger partial charge in [0.2, 0.25) is 0 Å². The van der Waals surface area contributed by atoms with Gasteiger partial charge >= 0.3 is 0 Å². The molecule has 2 aromatic rings. The highest BCUT2D eigenvalue weighted by Crippen LogP contribution is 2.29. The van der Waals surface area contributed by atoms with E-state index in [1.807, 2.05) is 12.1 Å². The molecular weight excluding hydrogens is 250 g/mol. The number of halogens is 1. The lowest BCUT2D eigenvalue weighted by molar-refractivity contribution is 0.303. The van der Waals surface area contributed by atoms with Crippen LogP contribution in [0, 0.1) is 0 Å². The first-order valence-electron chi connectivity index (χ1n) is 5.59. The Morgan fingerprint density at radius 2 is 1.83 bits per heavy atom. The number of phenolic OH excluding ortho intramolecular Hbond substituents is 1. The minimum absolute atomic E-state index is 0.235. The highest BCUT2D eigenvalue weighted by atomic mass is 35.5. The van der Waals surface area contributed by atoms with E-state index in [1.54, 1.807) is 30.3 Å². The van der Waals surface area contributed by atoms with Gasteiger partial charge in [-0.25, -0.2) is 0 Å². The number of aromatic hydroxyl groups is 1. The predicted molar refractivity (Wildman–Crippen MR) is 71.8 cm³/mol. The van der Waals surface area contributed by atoms with E-state index in [4.69, 9.17) is 22.1 Å². The number of rotatable bonds is 4. The molecule has 0 heterocycles. The van der Waals surface area contributed by atoms with Crippen molar-refractivity contribution in [1.29, 1.82) is 0 Å². The Morgan fingerprint density at radius 3 is 2.50 bits per heavy atom. The second kappa shape index (κ2) is 5.76. The molecule has 0 fully saturated rings. The van der Waals surface area contributed by atoms with Crippen LogP contribution in [0.15, 0.2) is 42.5 Å². The molecule has 0 saturated heterocycles. The summed E-state index contributed by atoms with van der Waals surface area (Å²) < 4.78 is 5.69. The van der Waals surface area contributed by atoms with Crippen LogP contribution in [-0.2, 0) is 13.2 Å². The third kappa shape index (κ3) is 2.94. The minimum Gasteiger partial charge on any atom is -0.508 e. The van der Waals surface area contributed by atoms with Gasteiger partial charge in [-0.1, -0.05) is 35.9 Å². The van der Waals surface area contributed by atoms with Crippen LogP contribution in [0.1, 0.15) is 11.1 Å². The molecule has 3 nitrogen and oxygen atoms in total. The van der Waals surface area contributed by atoms with Crippen molar-refractivity contribution >= 4 is 11.6 Å². The molecule has 0 unspecified atom stereocenters. The van der Waals surface area contributed by atoms with Gasteiger partial charge < -0.3 is 15.6 Å². The standard InChI is InChI=1S/C14H14ClNO2/c15-13-3-1-2-11(8-16)14(13)18-9-10-4-6-12(17)7-5-10/h1-7,17H,8-9,16H2. The van der Waals surface area contributed by atoms with E-state index < -0.39 is 0 Å². The summed E-state index contributed by atoms with van der Waals surface area (Å²) in [5, 5.41) is 9.74. The van der Waals surface area contributed by atoms with Crippen LogP contribution < -0.4 is 10.5 Å². The van der Waals surface area contributed by atoms with Crippen LogP contribution in [0.4, 0.5) is 0 Å². The number of hydrogen-bond acceptors (Lipinski definition) is 3. The first-order valence-corrected chi connectivity index (χ1v) is 5.96. The van der Waals surface area contributed by atoms with Crippen molar-refractivity contribution < 1.29 is 9.84 Å². The topological polar surface area (TPSA) is 55.5 Å². The number of nitrogens with two attached hydrogens (primary N) is 1. The second-order valence-electron chi connectivity index (χ2n) is 3.89. The summed E-state index contributed by atoms with van der Waals surface area (Å²) in [4.78, 5) is 0. The zero-order chi connectivity index (χ0) is 13.0. The molecule has 0 bridgehead atoms. The molecule has 0 spiro atoms. The first kappa shape index (κ1) is 12.7. The SMILES string of the molecule is NCc1cccc(Cl)c1OCc1ccc(O)cc1. The molecule has 0 aliphatic carbocycles. The molecule has 0 atom stereocenters. The fourth-order valence-electron chi connectivity index (χ4n) is 1.62. The minimum atomic E-state index is 0.235. The fraction of sp³-hybridized carbons (Fsp3) is 0.143. The van der Waals surface area contributed by atoms with E-state index in [1.165, 1.54) is 0 Å². The zero-order valence-corrected chi connectivity index (χ0v) is 10.5. The molecule has 0 saturated carbocycles. The van der Waals surface area contributed by atoms with E-state index in [-0.39, 0.29) is 5.75 Å². The molecule has 0 aliphatic rings. The smallest absolute Gasteiger partial charge is 0.142 e. The Labute approximate surface area is 111 Å². The third-order valence-electron chi connectivity index (χ3n) is 2.59. The Hall–Kier alpha value is -1.71. The largest absolute Gasteiger partial charge is 0.508 e. The van der Waals surface area contributed by atoms with Gasteiger partial charge in [-0.15, -0.1) is 0 Å². The van der Waals surface area contributed by atoms with Crippen molar-refractivity contribution in [3.63, 3.8) is 0 Å². The van der Waals surface area contributed by atoms with Crippen molar-refractivity contribution in [2.45, 2.75) is 13.2 Å². The number of para-hydroxylation sites is 1. The maximum atomic E-state index is 9.19. The molecule has 4 heteroatoms. The number of phenols is 1. The van der Waals surface area contributed by atoms with E-state index >= 15 is 0 Å². The average molecular weight is 264 g/mol. The van der Waals surface area contributed by atoms with Crippen molar-refractivity contribution in [1.82, 2.24) is 0 Å². The average Bonchev–Trinajstić information content (AvgIpc) is 2.39. The lowest BCUT2D eigenvalue weighted by Crippen LogP contribution is -2.03. The number of benzene rings is 2. The van der Waals surface area contributed by atoms with Gasteiger partial charge in [0.05, 0.1) is 5.02 Å². The lowest BCUT2D eigenvalue weighted by Gasteiger charge is -2.12. The maximum Gasteiger partial charge on any atom is 0.142 e. The fourth-order valence-corrected chi connectivity index (χ4v) is 1.87. The molecule has 0 amide bonds. The normalized spacial score (nSPS) is 10.3. The van der Waals surface area contributed by atoms with Crippen molar-refractivity contribution in [2.75, 3.05) is 0 Å². The Morgan fingerprint density at radius 1 is 1.11 bits per heavy atom. The molecule has 3 N–H and O–H groups in total. The molecule has 2 aromatic carbocycles. The molecule has 0 radical (unpaired) electrons. The van der Waals surface area contributed by atoms with Gasteiger partial charge in [0.25, 0.3) is 0 Å². The maximum absolute atomic E-state index is 9.19. The molecule has 2 rings (SSSR count). The van der Waals surface area contributed by atoms with Gasteiger partial charge in [0.15, 0.2) is 0 Å². The van der Waals surface area contributed by atoms with Gasteiger partial charge in [0.1, 0.15) is 18.1 Å². The zero-order valence-electron chi connectivity index (χ0n) is 9.77. The van der Waals surface area contributed by atoms with Gasteiger partial charge in [-0.3, -0.25) is 0 Å². The van der Waals surface area contributed by atoms with Crippen LogP contribution in [0.3, 0.4) is 0 Å². The predicted octanol–water partition coefficient (Wildman–Crippen LogP) is 3.08. The van der Waals surface area contributed by atoms with Crippen molar-refractivity contribution in [3.8, 4) is 11.5 Å². The Kier molecular flexibility index (Phi) is 4.07. The van der Waals surface area contributed by atoms with E-state index in [0.717, 1.165) is 11.1 Å². The van der Waals surface area contributed by atoms with E-state index in [0.29, 0.717) is 23.9 Å². The van der Waals surface area contributed by atoms with E-state index in [2.05, 4.69) is 0 Å². The summed E-state index contributed by atoms with van der Waals surface area (Å²) in [5.74, 6) is 0.855. The highest BCUT2D eigenvalue weighted by molar-refractivity contribution is 6.32. The van der Waals surface area contributed by atoms with Crippen molar-refractivity contribution in [2.24, 2.45) is 5.73 Å². The van der Waals surface area contributed by atoms with Crippen LogP contribution in [0.5, 0.6) is 11.5 Å².